The van der Waals surface area contributed by atoms with Crippen LogP contribution in [0.15, 0.2) is 6.07 Å². The van der Waals surface area contributed by atoms with Crippen LogP contribution in [0, 0.1) is 0 Å². The number of carbonyl (C=O) groups excluding carboxylic acids is 1. The first-order chi connectivity index (χ1) is 10.5. The zero-order valence-corrected chi connectivity index (χ0v) is 14.0. The number of amides is 1. The lowest BCUT2D eigenvalue weighted by molar-refractivity contribution is -0.143. The van der Waals surface area contributed by atoms with Crippen LogP contribution >= 0.6 is 22.7 Å². The Hall–Kier alpha value is -1.67. The van der Waals surface area contributed by atoms with Crippen molar-refractivity contribution >= 4 is 49.2 Å². The first-order valence-corrected chi connectivity index (χ1v) is 8.72. The van der Waals surface area contributed by atoms with E-state index in [1.165, 1.54) is 27.6 Å². The lowest BCUT2D eigenvalue weighted by atomic mass is 10.0. The Morgan fingerprint density at radius 1 is 1.36 bits per heavy atom. The Bertz CT molecular complexity index is 691. The summed E-state index contributed by atoms with van der Waals surface area (Å²) in [6.45, 7) is 0.512. The third kappa shape index (κ3) is 2.68. The van der Waals surface area contributed by atoms with E-state index in [-0.39, 0.29) is 5.91 Å². The Morgan fingerprint density at radius 2 is 2.14 bits per heavy atom. The summed E-state index contributed by atoms with van der Waals surface area (Å²) in [6.07, 6.45) is 2.25. The first-order valence-electron chi connectivity index (χ1n) is 7.09. The Labute approximate surface area is 136 Å². The third-order valence-corrected chi connectivity index (χ3v) is 6.04. The summed E-state index contributed by atoms with van der Waals surface area (Å²) in [7, 11) is 3.86. The lowest BCUT2D eigenvalue weighted by Crippen LogP contribution is -2.47. The SMILES string of the molecule is CN(C)c1nc2sc(C(=O)N3CCCCC3C(=O)O)cc2s1. The molecule has 3 heterocycles. The molecule has 0 bridgehead atoms. The normalized spacial score (nSPS) is 18.6. The van der Waals surface area contributed by atoms with Gasteiger partial charge in [0.25, 0.3) is 5.91 Å². The highest BCUT2D eigenvalue weighted by Crippen LogP contribution is 2.35. The fourth-order valence-corrected chi connectivity index (χ4v) is 4.68. The minimum absolute atomic E-state index is 0.186. The minimum Gasteiger partial charge on any atom is -0.480 e. The average molecular weight is 339 g/mol. The number of anilines is 1. The van der Waals surface area contributed by atoms with Crippen molar-refractivity contribution in [2.24, 2.45) is 0 Å². The van der Waals surface area contributed by atoms with Gasteiger partial charge in [0, 0.05) is 20.6 Å². The number of carboxylic acid groups (broad SMARTS) is 1. The number of carbonyl (C=O) groups is 2. The molecule has 1 N–H and O–H groups in total. The number of carboxylic acids is 1. The van der Waals surface area contributed by atoms with Gasteiger partial charge in [0.2, 0.25) is 0 Å². The summed E-state index contributed by atoms with van der Waals surface area (Å²) in [4.78, 5) is 33.3. The van der Waals surface area contributed by atoms with Crippen LogP contribution in [0.4, 0.5) is 5.13 Å². The quantitative estimate of drug-likeness (QED) is 0.930. The molecule has 0 spiro atoms. The predicted octanol–water partition coefficient (Wildman–Crippen LogP) is 2.50. The summed E-state index contributed by atoms with van der Waals surface area (Å²) in [5.41, 5.74) is 0. The highest BCUT2D eigenvalue weighted by atomic mass is 32.1. The molecule has 118 valence electrons. The minimum atomic E-state index is -0.917. The summed E-state index contributed by atoms with van der Waals surface area (Å²) in [5.74, 6) is -1.10. The molecule has 22 heavy (non-hydrogen) atoms. The molecule has 1 aliphatic rings. The first kappa shape index (κ1) is 15.2. The molecule has 1 amide bonds. The largest absolute Gasteiger partial charge is 0.480 e. The molecule has 1 saturated heterocycles. The molecule has 6 nitrogen and oxygen atoms in total. The van der Waals surface area contributed by atoms with E-state index in [2.05, 4.69) is 4.98 Å². The molecule has 0 radical (unpaired) electrons. The summed E-state index contributed by atoms with van der Waals surface area (Å²) < 4.78 is 0.973. The van der Waals surface area contributed by atoms with Crippen LogP contribution < -0.4 is 4.90 Å². The maximum atomic E-state index is 12.6. The van der Waals surface area contributed by atoms with E-state index in [9.17, 15) is 14.7 Å². The molecule has 1 unspecified atom stereocenters. The zero-order chi connectivity index (χ0) is 15.9. The van der Waals surface area contributed by atoms with Crippen molar-refractivity contribution in [1.82, 2.24) is 9.88 Å². The van der Waals surface area contributed by atoms with Gasteiger partial charge in [0.1, 0.15) is 10.9 Å². The molecule has 0 saturated carbocycles. The van der Waals surface area contributed by atoms with Crippen molar-refractivity contribution < 1.29 is 14.7 Å². The van der Waals surface area contributed by atoms with Crippen LogP contribution in [0.5, 0.6) is 0 Å². The van der Waals surface area contributed by atoms with Gasteiger partial charge < -0.3 is 14.9 Å². The number of hydrogen-bond donors (Lipinski definition) is 1. The second kappa shape index (κ2) is 5.85. The van der Waals surface area contributed by atoms with Gasteiger partial charge in [-0.25, -0.2) is 9.78 Å². The predicted molar refractivity (Wildman–Crippen MR) is 88.1 cm³/mol. The van der Waals surface area contributed by atoms with Crippen molar-refractivity contribution in [2.75, 3.05) is 25.5 Å². The average Bonchev–Trinajstić information content (AvgIpc) is 3.04. The summed E-state index contributed by atoms with van der Waals surface area (Å²) in [5, 5.41) is 10.2. The van der Waals surface area contributed by atoms with Gasteiger partial charge in [-0.05, 0) is 25.3 Å². The van der Waals surface area contributed by atoms with E-state index in [0.29, 0.717) is 17.8 Å². The molecule has 0 aromatic carbocycles. The van der Waals surface area contributed by atoms with Gasteiger partial charge in [-0.1, -0.05) is 11.3 Å². The van der Waals surface area contributed by atoms with E-state index in [0.717, 1.165) is 27.5 Å². The topological polar surface area (TPSA) is 73.7 Å². The van der Waals surface area contributed by atoms with Crippen LogP contribution in [-0.4, -0.2) is 53.5 Å². The number of thiazole rings is 1. The van der Waals surface area contributed by atoms with E-state index >= 15 is 0 Å². The van der Waals surface area contributed by atoms with E-state index in [1.54, 1.807) is 0 Å². The number of hydrogen-bond acceptors (Lipinski definition) is 6. The zero-order valence-electron chi connectivity index (χ0n) is 12.4. The molecular weight excluding hydrogens is 322 g/mol. The van der Waals surface area contributed by atoms with Gasteiger partial charge in [-0.15, -0.1) is 11.3 Å². The molecule has 0 aliphatic carbocycles. The van der Waals surface area contributed by atoms with Gasteiger partial charge in [-0.2, -0.15) is 0 Å². The lowest BCUT2D eigenvalue weighted by Gasteiger charge is -2.32. The Morgan fingerprint density at radius 3 is 2.77 bits per heavy atom. The highest BCUT2D eigenvalue weighted by molar-refractivity contribution is 7.29. The molecule has 1 fully saturated rings. The standard InChI is InChI=1S/C14H17N3O3S2/c1-16(2)14-15-11-9(22-14)7-10(21-11)12(18)17-6-4-3-5-8(17)13(19)20/h7-8H,3-6H2,1-2H3,(H,19,20). The van der Waals surface area contributed by atoms with E-state index in [4.69, 9.17) is 0 Å². The summed E-state index contributed by atoms with van der Waals surface area (Å²) >= 11 is 2.88. The van der Waals surface area contributed by atoms with Crippen molar-refractivity contribution in [2.45, 2.75) is 25.3 Å². The Balaban J connectivity index is 1.87. The van der Waals surface area contributed by atoms with Crippen LogP contribution in [-0.2, 0) is 4.79 Å². The molecule has 1 aliphatic heterocycles. The van der Waals surface area contributed by atoms with Crippen LogP contribution in [0.1, 0.15) is 28.9 Å². The van der Waals surface area contributed by atoms with E-state index in [1.807, 2.05) is 25.1 Å². The van der Waals surface area contributed by atoms with Crippen LogP contribution in [0.25, 0.3) is 9.53 Å². The monoisotopic (exact) mass is 339 g/mol. The van der Waals surface area contributed by atoms with E-state index < -0.39 is 12.0 Å². The third-order valence-electron chi connectivity index (χ3n) is 3.72. The van der Waals surface area contributed by atoms with Crippen molar-refractivity contribution in [3.63, 3.8) is 0 Å². The Kier molecular flexibility index (Phi) is 4.05. The van der Waals surface area contributed by atoms with Gasteiger partial charge >= 0.3 is 5.97 Å². The van der Waals surface area contributed by atoms with Crippen LogP contribution in [0.3, 0.4) is 0 Å². The molecule has 2 aromatic heterocycles. The van der Waals surface area contributed by atoms with Crippen molar-refractivity contribution in [3.05, 3.63) is 10.9 Å². The fourth-order valence-electron chi connectivity index (χ4n) is 2.59. The number of piperidine rings is 1. The second-order valence-electron chi connectivity index (χ2n) is 5.52. The number of aromatic nitrogens is 1. The van der Waals surface area contributed by atoms with Crippen LogP contribution in [0.2, 0.25) is 0 Å². The fraction of sp³-hybridized carbons (Fsp3) is 0.500. The molecule has 1 atom stereocenters. The maximum Gasteiger partial charge on any atom is 0.326 e. The maximum absolute atomic E-state index is 12.6. The van der Waals surface area contributed by atoms with Gasteiger partial charge in [0.05, 0.1) is 9.58 Å². The number of likely N-dealkylation sites (tertiary alicyclic amines) is 1. The van der Waals surface area contributed by atoms with Crippen molar-refractivity contribution in [3.8, 4) is 0 Å². The molecular formula is C14H17N3O3S2. The number of aliphatic carboxylic acids is 1. The highest BCUT2D eigenvalue weighted by Gasteiger charge is 2.33. The smallest absolute Gasteiger partial charge is 0.326 e. The second-order valence-corrected chi connectivity index (χ2v) is 7.56. The number of rotatable bonds is 3. The van der Waals surface area contributed by atoms with Gasteiger partial charge in [-0.3, -0.25) is 4.79 Å². The number of fused-ring (bicyclic) bond motifs is 1. The summed E-state index contributed by atoms with van der Waals surface area (Å²) in [6, 6.07) is 1.13. The number of nitrogens with zero attached hydrogens (tertiary/aromatic N) is 3. The number of thiophene rings is 1. The molecule has 2 aromatic rings. The van der Waals surface area contributed by atoms with Gasteiger partial charge in [0.15, 0.2) is 5.13 Å². The molecule has 8 heteroatoms. The van der Waals surface area contributed by atoms with Crippen molar-refractivity contribution in [1.29, 1.82) is 0 Å². The molecule has 3 rings (SSSR count).